The van der Waals surface area contributed by atoms with Crippen molar-refractivity contribution in [3.63, 3.8) is 0 Å². The summed E-state index contributed by atoms with van der Waals surface area (Å²) in [6.45, 7) is 2.08. The molecule has 0 aliphatic rings. The molecule has 5 aromatic rings. The number of hydrogen-bond donors (Lipinski definition) is 2. The maximum atomic E-state index is 12.5. The molecule has 10 heteroatoms. The van der Waals surface area contributed by atoms with E-state index in [2.05, 4.69) is 34.6 Å². The van der Waals surface area contributed by atoms with E-state index in [1.54, 1.807) is 18.4 Å². The molecule has 35 heavy (non-hydrogen) atoms. The summed E-state index contributed by atoms with van der Waals surface area (Å²) in [5, 5.41) is 12.6. The number of fused-ring (bicyclic) bond motifs is 1. The molecule has 0 atom stereocenters. The van der Waals surface area contributed by atoms with Crippen LogP contribution in [0.2, 0.25) is 0 Å². The topological polar surface area (TPSA) is 108 Å². The first kappa shape index (κ1) is 22.9. The summed E-state index contributed by atoms with van der Waals surface area (Å²) < 4.78 is 7.72. The zero-order valence-electron chi connectivity index (χ0n) is 19.1. The van der Waals surface area contributed by atoms with E-state index in [4.69, 9.17) is 15.6 Å². The summed E-state index contributed by atoms with van der Waals surface area (Å²) in [4.78, 5) is 17.2. The van der Waals surface area contributed by atoms with Crippen LogP contribution in [0.15, 0.2) is 71.9 Å². The van der Waals surface area contributed by atoms with Crippen molar-refractivity contribution in [2.75, 3.05) is 24.0 Å². The number of benzene rings is 3. The number of aryl methyl sites for hydroxylation is 1. The van der Waals surface area contributed by atoms with E-state index in [-0.39, 0.29) is 11.7 Å². The second-order valence-electron chi connectivity index (χ2n) is 7.81. The number of rotatable bonds is 7. The predicted molar refractivity (Wildman–Crippen MR) is 141 cm³/mol. The molecule has 0 aliphatic heterocycles. The van der Waals surface area contributed by atoms with Crippen molar-refractivity contribution in [3.8, 4) is 27.7 Å². The number of thioether (sulfide) groups is 1. The van der Waals surface area contributed by atoms with Gasteiger partial charge in [-0.15, -0.1) is 21.5 Å². The maximum Gasteiger partial charge on any atom is 0.234 e. The molecule has 0 bridgehead atoms. The number of nitrogens with one attached hydrogen (secondary N) is 1. The Balaban J connectivity index is 1.20. The highest BCUT2D eigenvalue weighted by Gasteiger charge is 2.14. The van der Waals surface area contributed by atoms with Crippen LogP contribution in [0, 0.1) is 6.92 Å². The molecule has 0 aliphatic carbocycles. The lowest BCUT2D eigenvalue weighted by atomic mass is 10.2. The Morgan fingerprint density at radius 3 is 2.54 bits per heavy atom. The van der Waals surface area contributed by atoms with E-state index >= 15 is 0 Å². The van der Waals surface area contributed by atoms with E-state index in [0.717, 1.165) is 32.1 Å². The quantitative estimate of drug-likeness (QED) is 0.239. The number of methoxy groups -OCH3 is 1. The SMILES string of the molecule is COc1ccc(-c2nnc(SCC(=O)Nc3ccc(-c4nc5ccc(C)cc5s4)cc3)n2N)cc1. The van der Waals surface area contributed by atoms with Crippen LogP contribution >= 0.6 is 23.1 Å². The normalized spacial score (nSPS) is 11.0. The lowest BCUT2D eigenvalue weighted by Gasteiger charge is -2.06. The molecule has 5 rings (SSSR count). The van der Waals surface area contributed by atoms with Crippen LogP contribution in [-0.4, -0.2) is 38.6 Å². The Bertz CT molecular complexity index is 1490. The van der Waals surface area contributed by atoms with E-state index in [9.17, 15) is 4.79 Å². The van der Waals surface area contributed by atoms with Crippen molar-refractivity contribution in [3.05, 3.63) is 72.3 Å². The van der Waals surface area contributed by atoms with Crippen LogP contribution in [0.1, 0.15) is 5.56 Å². The lowest BCUT2D eigenvalue weighted by molar-refractivity contribution is -0.113. The van der Waals surface area contributed by atoms with Crippen LogP contribution in [-0.2, 0) is 4.79 Å². The van der Waals surface area contributed by atoms with Crippen LogP contribution < -0.4 is 15.9 Å². The summed E-state index contributed by atoms with van der Waals surface area (Å²) >= 11 is 2.88. The van der Waals surface area contributed by atoms with Crippen LogP contribution in [0.25, 0.3) is 32.2 Å². The first-order chi connectivity index (χ1) is 17.0. The monoisotopic (exact) mass is 502 g/mol. The van der Waals surface area contributed by atoms with E-state index < -0.39 is 0 Å². The zero-order valence-corrected chi connectivity index (χ0v) is 20.7. The third kappa shape index (κ3) is 4.98. The molecule has 0 saturated carbocycles. The van der Waals surface area contributed by atoms with E-state index in [1.807, 2.05) is 54.6 Å². The number of carbonyl (C=O) groups excluding carboxylic acids is 1. The van der Waals surface area contributed by atoms with Gasteiger partial charge in [0.25, 0.3) is 0 Å². The fraction of sp³-hybridized carbons (Fsp3) is 0.120. The van der Waals surface area contributed by atoms with Gasteiger partial charge in [-0.2, -0.15) is 0 Å². The number of nitrogens with two attached hydrogens (primary N) is 1. The minimum atomic E-state index is -0.160. The molecule has 0 spiro atoms. The molecular formula is C25H22N6O2S2. The maximum absolute atomic E-state index is 12.5. The second kappa shape index (κ2) is 9.77. The number of nitrogen functional groups attached to an aromatic ring is 1. The van der Waals surface area contributed by atoms with Gasteiger partial charge in [-0.3, -0.25) is 4.79 Å². The summed E-state index contributed by atoms with van der Waals surface area (Å²) in [5.41, 5.74) is 4.74. The van der Waals surface area contributed by atoms with Gasteiger partial charge < -0.3 is 15.9 Å². The molecule has 0 radical (unpaired) electrons. The highest BCUT2D eigenvalue weighted by molar-refractivity contribution is 7.99. The molecule has 176 valence electrons. The fourth-order valence-electron chi connectivity index (χ4n) is 3.49. The van der Waals surface area contributed by atoms with Gasteiger partial charge in [0.15, 0.2) is 5.82 Å². The third-order valence-corrected chi connectivity index (χ3v) is 7.31. The molecule has 8 nitrogen and oxygen atoms in total. The molecule has 0 unspecified atom stereocenters. The average molecular weight is 503 g/mol. The standard InChI is InChI=1S/C25H22N6O2S2/c1-15-3-12-20-21(13-15)35-24(28-20)17-4-8-18(9-5-17)27-22(32)14-34-25-30-29-23(31(25)26)16-6-10-19(33-2)11-7-16/h3-13H,14,26H2,1-2H3,(H,27,32). The highest BCUT2D eigenvalue weighted by Crippen LogP contribution is 2.31. The van der Waals surface area contributed by atoms with Gasteiger partial charge in [0.2, 0.25) is 11.1 Å². The van der Waals surface area contributed by atoms with Gasteiger partial charge in [0.05, 0.1) is 23.1 Å². The van der Waals surface area contributed by atoms with Crippen molar-refractivity contribution in [2.24, 2.45) is 0 Å². The number of anilines is 1. The Kier molecular flexibility index (Phi) is 6.39. The Morgan fingerprint density at radius 1 is 1.06 bits per heavy atom. The fourth-order valence-corrected chi connectivity index (χ4v) is 5.22. The van der Waals surface area contributed by atoms with Crippen molar-refractivity contribution >= 4 is 44.9 Å². The van der Waals surface area contributed by atoms with Gasteiger partial charge in [0, 0.05) is 16.8 Å². The number of thiazole rings is 1. The van der Waals surface area contributed by atoms with Crippen molar-refractivity contribution in [1.29, 1.82) is 0 Å². The predicted octanol–water partition coefficient (Wildman–Crippen LogP) is 4.98. The summed E-state index contributed by atoms with van der Waals surface area (Å²) in [6, 6.07) is 21.3. The smallest absolute Gasteiger partial charge is 0.234 e. The minimum absolute atomic E-state index is 0.150. The van der Waals surface area contributed by atoms with Gasteiger partial charge in [-0.1, -0.05) is 17.8 Å². The Hall–Kier alpha value is -3.89. The number of aromatic nitrogens is 4. The number of hydrogen-bond acceptors (Lipinski definition) is 8. The van der Waals surface area contributed by atoms with Gasteiger partial charge in [0.1, 0.15) is 10.8 Å². The van der Waals surface area contributed by atoms with E-state index in [0.29, 0.717) is 16.7 Å². The largest absolute Gasteiger partial charge is 0.497 e. The molecule has 1 amide bonds. The third-order valence-electron chi connectivity index (χ3n) is 5.30. The summed E-state index contributed by atoms with van der Waals surface area (Å²) in [5.74, 6) is 7.40. The number of ether oxygens (including phenoxy) is 1. The molecule has 2 heterocycles. The molecular weight excluding hydrogens is 480 g/mol. The summed E-state index contributed by atoms with van der Waals surface area (Å²) in [6.07, 6.45) is 0. The molecule has 2 aromatic heterocycles. The Morgan fingerprint density at radius 2 is 1.80 bits per heavy atom. The molecule has 3 aromatic carbocycles. The molecule has 0 saturated heterocycles. The lowest BCUT2D eigenvalue weighted by Crippen LogP contribution is -2.16. The summed E-state index contributed by atoms with van der Waals surface area (Å²) in [7, 11) is 1.61. The molecule has 0 fully saturated rings. The minimum Gasteiger partial charge on any atom is -0.497 e. The zero-order chi connectivity index (χ0) is 24.4. The number of nitrogens with zero attached hydrogens (tertiary/aromatic N) is 4. The van der Waals surface area contributed by atoms with Gasteiger partial charge >= 0.3 is 0 Å². The average Bonchev–Trinajstić information content (AvgIpc) is 3.46. The molecule has 3 N–H and O–H groups in total. The van der Waals surface area contributed by atoms with Crippen molar-refractivity contribution in [1.82, 2.24) is 19.9 Å². The second-order valence-corrected chi connectivity index (χ2v) is 9.78. The highest BCUT2D eigenvalue weighted by atomic mass is 32.2. The van der Waals surface area contributed by atoms with Gasteiger partial charge in [-0.05, 0) is 73.2 Å². The van der Waals surface area contributed by atoms with Crippen molar-refractivity contribution in [2.45, 2.75) is 12.1 Å². The van der Waals surface area contributed by atoms with Gasteiger partial charge in [-0.25, -0.2) is 9.66 Å². The number of amides is 1. The van der Waals surface area contributed by atoms with E-state index in [1.165, 1.54) is 22.0 Å². The van der Waals surface area contributed by atoms with Crippen LogP contribution in [0.5, 0.6) is 5.75 Å². The van der Waals surface area contributed by atoms with Crippen LogP contribution in [0.4, 0.5) is 5.69 Å². The first-order valence-electron chi connectivity index (χ1n) is 10.8. The number of carbonyl (C=O) groups is 1. The van der Waals surface area contributed by atoms with Crippen LogP contribution in [0.3, 0.4) is 0 Å². The Labute approximate surface area is 210 Å². The van der Waals surface area contributed by atoms with Crippen molar-refractivity contribution < 1.29 is 9.53 Å². The first-order valence-corrected chi connectivity index (χ1v) is 12.6.